The zero-order valence-corrected chi connectivity index (χ0v) is 17.3. The molecule has 0 amide bonds. The van der Waals surface area contributed by atoms with E-state index in [9.17, 15) is 0 Å². The van der Waals surface area contributed by atoms with E-state index < -0.39 is 0 Å². The molecule has 0 aliphatic heterocycles. The second kappa shape index (κ2) is 10.0. The molecule has 2 rings (SSSR count). The van der Waals surface area contributed by atoms with Crippen LogP contribution in [0.5, 0.6) is 0 Å². The molecule has 0 atom stereocenters. The number of hydrogen-bond donors (Lipinski definition) is 2. The van der Waals surface area contributed by atoms with E-state index >= 15 is 0 Å². The van der Waals surface area contributed by atoms with Crippen molar-refractivity contribution < 1.29 is 0 Å². The molecule has 0 radical (unpaired) electrons. The second-order valence-electron chi connectivity index (χ2n) is 4.83. The normalized spacial score (nSPS) is 11.0. The van der Waals surface area contributed by atoms with Crippen LogP contribution in [0, 0.1) is 13.8 Å². The van der Waals surface area contributed by atoms with Gasteiger partial charge in [-0.3, -0.25) is 4.99 Å². The van der Waals surface area contributed by atoms with Gasteiger partial charge in [-0.2, -0.15) is 0 Å². The maximum absolute atomic E-state index is 5.77. The Morgan fingerprint density at radius 3 is 2.65 bits per heavy atom. The van der Waals surface area contributed by atoms with Gasteiger partial charge in [0.1, 0.15) is 5.15 Å². The highest BCUT2D eigenvalue weighted by Gasteiger charge is 2.05. The van der Waals surface area contributed by atoms with E-state index in [1.807, 2.05) is 19.9 Å². The van der Waals surface area contributed by atoms with Crippen molar-refractivity contribution in [1.82, 2.24) is 20.6 Å². The van der Waals surface area contributed by atoms with Crippen LogP contribution < -0.4 is 10.6 Å². The Kier molecular flexibility index (Phi) is 8.78. The maximum Gasteiger partial charge on any atom is 0.191 e. The van der Waals surface area contributed by atoms with Gasteiger partial charge >= 0.3 is 0 Å². The fraction of sp³-hybridized carbons (Fsp3) is 0.400. The minimum absolute atomic E-state index is 0. The second-order valence-corrected chi connectivity index (χ2v) is 6.51. The molecule has 2 heterocycles. The van der Waals surface area contributed by atoms with Crippen LogP contribution in [0.3, 0.4) is 0 Å². The van der Waals surface area contributed by atoms with Gasteiger partial charge in [0.25, 0.3) is 0 Å². The molecule has 0 aromatic carbocycles. The van der Waals surface area contributed by atoms with Crippen molar-refractivity contribution in [1.29, 1.82) is 0 Å². The van der Waals surface area contributed by atoms with Gasteiger partial charge in [-0.05, 0) is 31.9 Å². The number of pyridine rings is 1. The molecule has 23 heavy (non-hydrogen) atoms. The fourth-order valence-electron chi connectivity index (χ4n) is 2.00. The van der Waals surface area contributed by atoms with Gasteiger partial charge in [0.05, 0.1) is 17.2 Å². The first-order chi connectivity index (χ1) is 10.6. The Morgan fingerprint density at radius 2 is 2.09 bits per heavy atom. The summed E-state index contributed by atoms with van der Waals surface area (Å²) in [5.74, 6) is 0.785. The van der Waals surface area contributed by atoms with Gasteiger partial charge in [-0.25, -0.2) is 9.97 Å². The average Bonchev–Trinajstić information content (AvgIpc) is 2.82. The smallest absolute Gasteiger partial charge is 0.191 e. The number of rotatable bonds is 5. The molecule has 0 spiro atoms. The number of hydrogen-bond acceptors (Lipinski definition) is 4. The number of nitrogens with one attached hydrogen (secondary N) is 2. The summed E-state index contributed by atoms with van der Waals surface area (Å²) < 4.78 is 0. The van der Waals surface area contributed by atoms with Crippen molar-refractivity contribution in [2.24, 2.45) is 4.99 Å². The molecule has 0 fully saturated rings. The van der Waals surface area contributed by atoms with Crippen molar-refractivity contribution in [2.45, 2.75) is 26.8 Å². The third-order valence-corrected chi connectivity index (χ3v) is 4.43. The summed E-state index contributed by atoms with van der Waals surface area (Å²) in [5, 5.41) is 8.21. The molecule has 126 valence electrons. The lowest BCUT2D eigenvalue weighted by molar-refractivity contribution is 0.795. The van der Waals surface area contributed by atoms with Crippen molar-refractivity contribution in [2.75, 3.05) is 13.6 Å². The summed E-state index contributed by atoms with van der Waals surface area (Å²) in [7, 11) is 1.77. The molecule has 0 bridgehead atoms. The van der Waals surface area contributed by atoms with Gasteiger partial charge in [0, 0.05) is 24.7 Å². The highest BCUT2D eigenvalue weighted by atomic mass is 127. The Morgan fingerprint density at radius 1 is 1.30 bits per heavy atom. The largest absolute Gasteiger partial charge is 0.356 e. The zero-order chi connectivity index (χ0) is 15.9. The van der Waals surface area contributed by atoms with Gasteiger partial charge < -0.3 is 10.6 Å². The minimum atomic E-state index is 0. The lowest BCUT2D eigenvalue weighted by Gasteiger charge is -2.11. The number of guanidine groups is 1. The lowest BCUT2D eigenvalue weighted by Crippen LogP contribution is -2.37. The summed E-state index contributed by atoms with van der Waals surface area (Å²) >= 11 is 7.48. The lowest BCUT2D eigenvalue weighted by atomic mass is 10.2. The molecule has 2 aromatic rings. The molecule has 0 saturated heterocycles. The quantitative estimate of drug-likeness (QED) is 0.308. The highest BCUT2D eigenvalue weighted by Crippen LogP contribution is 2.16. The maximum atomic E-state index is 5.77. The molecule has 8 heteroatoms. The number of halogens is 2. The first-order valence-corrected chi connectivity index (χ1v) is 8.26. The molecule has 0 aliphatic rings. The van der Waals surface area contributed by atoms with E-state index in [1.165, 1.54) is 4.88 Å². The molecule has 0 unspecified atom stereocenters. The molecule has 0 saturated carbocycles. The summed E-state index contributed by atoms with van der Waals surface area (Å²) in [5.41, 5.74) is 2.22. The van der Waals surface area contributed by atoms with Crippen LogP contribution in [-0.4, -0.2) is 29.5 Å². The summed E-state index contributed by atoms with van der Waals surface area (Å²) in [6, 6.07) is 3.79. The monoisotopic (exact) mass is 465 g/mol. The first-order valence-electron chi connectivity index (χ1n) is 7.06. The van der Waals surface area contributed by atoms with E-state index in [0.29, 0.717) is 5.15 Å². The molecule has 2 aromatic heterocycles. The summed E-state index contributed by atoms with van der Waals surface area (Å²) in [6.07, 6.45) is 2.66. The molecular formula is C15H21ClIN5S. The Balaban J connectivity index is 0.00000264. The predicted octanol–water partition coefficient (Wildman–Crippen LogP) is 3.33. The van der Waals surface area contributed by atoms with E-state index in [-0.39, 0.29) is 24.0 Å². The summed E-state index contributed by atoms with van der Waals surface area (Å²) in [4.78, 5) is 14.0. The van der Waals surface area contributed by atoms with E-state index in [2.05, 4.69) is 25.6 Å². The van der Waals surface area contributed by atoms with E-state index in [4.69, 9.17) is 11.6 Å². The van der Waals surface area contributed by atoms with Crippen LogP contribution in [0.25, 0.3) is 0 Å². The van der Waals surface area contributed by atoms with Crippen LogP contribution in [0.15, 0.2) is 23.3 Å². The molecule has 0 aliphatic carbocycles. The molecular weight excluding hydrogens is 445 g/mol. The van der Waals surface area contributed by atoms with Crippen molar-refractivity contribution in [3.05, 3.63) is 44.6 Å². The van der Waals surface area contributed by atoms with Crippen LogP contribution in [0.2, 0.25) is 5.15 Å². The van der Waals surface area contributed by atoms with Crippen LogP contribution in [-0.2, 0) is 13.0 Å². The number of aliphatic imine (C=N–C) groups is 1. The topological polar surface area (TPSA) is 62.2 Å². The molecule has 5 nitrogen and oxygen atoms in total. The third kappa shape index (κ3) is 6.60. The van der Waals surface area contributed by atoms with Crippen molar-refractivity contribution in [3.8, 4) is 0 Å². The number of aromatic nitrogens is 2. The third-order valence-electron chi connectivity index (χ3n) is 3.13. The highest BCUT2D eigenvalue weighted by molar-refractivity contribution is 14.0. The van der Waals surface area contributed by atoms with Crippen molar-refractivity contribution in [3.63, 3.8) is 0 Å². The molecule has 2 N–H and O–H groups in total. The number of aryl methyl sites for hydroxylation is 2. The van der Waals surface area contributed by atoms with Crippen LogP contribution >= 0.6 is 46.9 Å². The number of nitrogens with zero attached hydrogens (tertiary/aromatic N) is 3. The zero-order valence-electron chi connectivity index (χ0n) is 13.4. The SMILES string of the molecule is CN=C(NCCc1ccc(Cl)nc1)NCc1sc(C)nc1C.I. The van der Waals surface area contributed by atoms with Gasteiger partial charge in [-0.15, -0.1) is 35.3 Å². The fourth-order valence-corrected chi connectivity index (χ4v) is 2.99. The Bertz CT molecular complexity index is 642. The first kappa shape index (κ1) is 20.1. The van der Waals surface area contributed by atoms with Gasteiger partial charge in [-0.1, -0.05) is 17.7 Å². The van der Waals surface area contributed by atoms with E-state index in [0.717, 1.165) is 41.7 Å². The van der Waals surface area contributed by atoms with Gasteiger partial charge in [0.2, 0.25) is 0 Å². The van der Waals surface area contributed by atoms with Crippen LogP contribution in [0.4, 0.5) is 0 Å². The average molecular weight is 466 g/mol. The summed E-state index contributed by atoms with van der Waals surface area (Å²) in [6.45, 7) is 5.57. The predicted molar refractivity (Wildman–Crippen MR) is 108 cm³/mol. The van der Waals surface area contributed by atoms with Gasteiger partial charge in [0.15, 0.2) is 5.96 Å². The Hall–Kier alpha value is -0.930. The van der Waals surface area contributed by atoms with E-state index in [1.54, 1.807) is 30.6 Å². The number of thiazole rings is 1. The minimum Gasteiger partial charge on any atom is -0.356 e. The standard InChI is InChI=1S/C15H20ClN5S.HI/c1-10-13(22-11(2)21-10)9-20-15(17-3)18-7-6-12-4-5-14(16)19-8-12;/h4-5,8H,6-7,9H2,1-3H3,(H2,17,18,20);1H. The van der Waals surface area contributed by atoms with Crippen molar-refractivity contribution >= 4 is 52.9 Å². The Labute approximate surface area is 163 Å². The van der Waals surface area contributed by atoms with Crippen LogP contribution in [0.1, 0.15) is 21.1 Å².